The molecule has 2 atom stereocenters. The molecule has 0 aromatic heterocycles. The third kappa shape index (κ3) is 5.99. The standard InChI is InChI=1S/C18H20F2N2O2.ClH/c1-12(17(21)13-5-3-2-4-6-13)18(23)22-9-10-24-14-7-8-15(19)16(20)11-14;/h2-8,11-12,17H,9-10,21H2,1H3,(H,22,23);1H. The predicted molar refractivity (Wildman–Crippen MR) is 94.6 cm³/mol. The van der Waals surface area contributed by atoms with E-state index in [-0.39, 0.29) is 37.2 Å². The van der Waals surface area contributed by atoms with Gasteiger partial charge in [0, 0.05) is 12.1 Å². The lowest BCUT2D eigenvalue weighted by atomic mass is 9.95. The molecule has 1 amide bonds. The Bertz CT molecular complexity index is 686. The first kappa shape index (κ1) is 20.9. The highest BCUT2D eigenvalue weighted by Crippen LogP contribution is 2.19. The Hall–Kier alpha value is -2.18. The van der Waals surface area contributed by atoms with Crippen molar-refractivity contribution in [2.75, 3.05) is 13.2 Å². The highest BCUT2D eigenvalue weighted by molar-refractivity contribution is 5.85. The van der Waals surface area contributed by atoms with Crippen LogP contribution in [0.4, 0.5) is 8.78 Å². The Morgan fingerprint density at radius 3 is 2.48 bits per heavy atom. The molecule has 25 heavy (non-hydrogen) atoms. The quantitative estimate of drug-likeness (QED) is 0.735. The van der Waals surface area contributed by atoms with Gasteiger partial charge in [-0.1, -0.05) is 37.3 Å². The zero-order chi connectivity index (χ0) is 17.5. The van der Waals surface area contributed by atoms with E-state index in [1.54, 1.807) is 6.92 Å². The van der Waals surface area contributed by atoms with Crippen LogP contribution in [0.5, 0.6) is 5.75 Å². The Kier molecular flexibility index (Phi) is 8.31. The van der Waals surface area contributed by atoms with Crippen LogP contribution in [0, 0.1) is 17.6 Å². The number of carbonyl (C=O) groups is 1. The van der Waals surface area contributed by atoms with Crippen LogP contribution < -0.4 is 15.8 Å². The van der Waals surface area contributed by atoms with Crippen molar-refractivity contribution in [2.45, 2.75) is 13.0 Å². The van der Waals surface area contributed by atoms with Crippen molar-refractivity contribution in [3.63, 3.8) is 0 Å². The Labute approximate surface area is 151 Å². The Morgan fingerprint density at radius 2 is 1.84 bits per heavy atom. The van der Waals surface area contributed by atoms with Gasteiger partial charge in [-0.25, -0.2) is 8.78 Å². The van der Waals surface area contributed by atoms with Gasteiger partial charge in [-0.05, 0) is 17.7 Å². The summed E-state index contributed by atoms with van der Waals surface area (Å²) >= 11 is 0. The van der Waals surface area contributed by atoms with Gasteiger partial charge in [0.2, 0.25) is 5.91 Å². The Balaban J connectivity index is 0.00000312. The summed E-state index contributed by atoms with van der Waals surface area (Å²) in [6, 6.07) is 12.3. The molecule has 0 heterocycles. The molecule has 2 aromatic rings. The molecule has 4 nitrogen and oxygen atoms in total. The average molecular weight is 371 g/mol. The third-order valence-electron chi connectivity index (χ3n) is 3.70. The molecule has 2 aromatic carbocycles. The largest absolute Gasteiger partial charge is 0.492 e. The second-order valence-corrected chi connectivity index (χ2v) is 5.44. The van der Waals surface area contributed by atoms with Crippen molar-refractivity contribution >= 4 is 18.3 Å². The summed E-state index contributed by atoms with van der Waals surface area (Å²) in [7, 11) is 0. The summed E-state index contributed by atoms with van der Waals surface area (Å²) in [5.41, 5.74) is 6.98. The van der Waals surface area contributed by atoms with Crippen LogP contribution in [0.2, 0.25) is 0 Å². The fourth-order valence-electron chi connectivity index (χ4n) is 2.20. The predicted octanol–water partition coefficient (Wildman–Crippen LogP) is 3.22. The monoisotopic (exact) mass is 370 g/mol. The van der Waals surface area contributed by atoms with Crippen molar-refractivity contribution < 1.29 is 18.3 Å². The molecule has 3 N–H and O–H groups in total. The molecule has 2 rings (SSSR count). The number of nitrogens with two attached hydrogens (primary N) is 1. The fourth-order valence-corrected chi connectivity index (χ4v) is 2.20. The number of carbonyl (C=O) groups excluding carboxylic acids is 1. The number of amides is 1. The number of hydrogen-bond acceptors (Lipinski definition) is 3. The lowest BCUT2D eigenvalue weighted by Gasteiger charge is -2.19. The van der Waals surface area contributed by atoms with Crippen LogP contribution in [0.25, 0.3) is 0 Å². The molecule has 0 spiro atoms. The Morgan fingerprint density at radius 1 is 1.16 bits per heavy atom. The highest BCUT2D eigenvalue weighted by atomic mass is 35.5. The highest BCUT2D eigenvalue weighted by Gasteiger charge is 2.21. The maximum absolute atomic E-state index is 13.0. The number of hydrogen-bond donors (Lipinski definition) is 2. The summed E-state index contributed by atoms with van der Waals surface area (Å²) in [6.07, 6.45) is 0. The van der Waals surface area contributed by atoms with E-state index in [0.717, 1.165) is 17.7 Å². The van der Waals surface area contributed by atoms with E-state index in [1.165, 1.54) is 6.07 Å². The van der Waals surface area contributed by atoms with Crippen molar-refractivity contribution in [1.29, 1.82) is 0 Å². The van der Waals surface area contributed by atoms with Crippen LogP contribution in [0.15, 0.2) is 48.5 Å². The molecule has 2 unspecified atom stereocenters. The van der Waals surface area contributed by atoms with Crippen LogP contribution in [0.3, 0.4) is 0 Å². The van der Waals surface area contributed by atoms with Gasteiger partial charge in [0.1, 0.15) is 12.4 Å². The van der Waals surface area contributed by atoms with E-state index >= 15 is 0 Å². The summed E-state index contributed by atoms with van der Waals surface area (Å²) < 4.78 is 31.1. The molecule has 0 aliphatic rings. The lowest BCUT2D eigenvalue weighted by molar-refractivity contribution is -0.125. The molecular weight excluding hydrogens is 350 g/mol. The maximum atomic E-state index is 13.0. The van der Waals surface area contributed by atoms with Crippen LogP contribution in [0.1, 0.15) is 18.5 Å². The molecule has 0 aliphatic heterocycles. The zero-order valence-corrected chi connectivity index (χ0v) is 14.6. The first-order valence-corrected chi connectivity index (χ1v) is 7.65. The summed E-state index contributed by atoms with van der Waals surface area (Å²) in [6.45, 7) is 2.14. The molecule has 0 bridgehead atoms. The number of benzene rings is 2. The molecular formula is C18H21ClF2N2O2. The van der Waals surface area contributed by atoms with E-state index in [4.69, 9.17) is 10.5 Å². The molecule has 136 valence electrons. The number of ether oxygens (including phenoxy) is 1. The molecule has 7 heteroatoms. The minimum atomic E-state index is -0.973. The smallest absolute Gasteiger partial charge is 0.224 e. The topological polar surface area (TPSA) is 64.3 Å². The lowest BCUT2D eigenvalue weighted by Crippen LogP contribution is -2.37. The summed E-state index contributed by atoms with van der Waals surface area (Å²) in [4.78, 5) is 12.1. The van der Waals surface area contributed by atoms with Crippen molar-refractivity contribution in [3.8, 4) is 5.75 Å². The first-order chi connectivity index (χ1) is 11.5. The summed E-state index contributed by atoms with van der Waals surface area (Å²) in [5.74, 6) is -2.30. The average Bonchev–Trinajstić information content (AvgIpc) is 2.61. The van der Waals surface area contributed by atoms with Gasteiger partial charge in [-0.15, -0.1) is 12.4 Å². The van der Waals surface area contributed by atoms with E-state index in [9.17, 15) is 13.6 Å². The van der Waals surface area contributed by atoms with Gasteiger partial charge >= 0.3 is 0 Å². The van der Waals surface area contributed by atoms with E-state index < -0.39 is 23.6 Å². The minimum Gasteiger partial charge on any atom is -0.492 e. The molecule has 0 saturated carbocycles. The van der Waals surface area contributed by atoms with Gasteiger partial charge < -0.3 is 15.8 Å². The van der Waals surface area contributed by atoms with Crippen molar-refractivity contribution in [1.82, 2.24) is 5.32 Å². The fraction of sp³-hybridized carbons (Fsp3) is 0.278. The van der Waals surface area contributed by atoms with Crippen molar-refractivity contribution in [2.24, 2.45) is 11.7 Å². The normalized spacial score (nSPS) is 12.6. The van der Waals surface area contributed by atoms with E-state index in [1.807, 2.05) is 30.3 Å². The maximum Gasteiger partial charge on any atom is 0.224 e. The SMILES string of the molecule is CC(C(=O)NCCOc1ccc(F)c(F)c1)C(N)c1ccccc1.Cl. The van der Waals surface area contributed by atoms with Gasteiger partial charge in [-0.3, -0.25) is 4.79 Å². The molecule has 0 radical (unpaired) electrons. The molecule has 0 aliphatic carbocycles. The van der Waals surface area contributed by atoms with Crippen LogP contribution in [-0.4, -0.2) is 19.1 Å². The minimum absolute atomic E-state index is 0. The van der Waals surface area contributed by atoms with Crippen molar-refractivity contribution in [3.05, 3.63) is 65.7 Å². The van der Waals surface area contributed by atoms with Crippen LogP contribution in [-0.2, 0) is 4.79 Å². The number of rotatable bonds is 7. The van der Waals surface area contributed by atoms with E-state index in [2.05, 4.69) is 5.32 Å². The van der Waals surface area contributed by atoms with Crippen LogP contribution >= 0.6 is 12.4 Å². The first-order valence-electron chi connectivity index (χ1n) is 7.65. The zero-order valence-electron chi connectivity index (χ0n) is 13.7. The molecule has 0 saturated heterocycles. The third-order valence-corrected chi connectivity index (χ3v) is 3.70. The van der Waals surface area contributed by atoms with Gasteiger partial charge in [-0.2, -0.15) is 0 Å². The number of halogens is 3. The van der Waals surface area contributed by atoms with Gasteiger partial charge in [0.25, 0.3) is 0 Å². The second kappa shape index (κ2) is 9.96. The number of nitrogens with one attached hydrogen (secondary N) is 1. The molecule has 0 fully saturated rings. The van der Waals surface area contributed by atoms with Gasteiger partial charge in [0.15, 0.2) is 11.6 Å². The second-order valence-electron chi connectivity index (χ2n) is 5.44. The van der Waals surface area contributed by atoms with Gasteiger partial charge in [0.05, 0.1) is 12.5 Å². The van der Waals surface area contributed by atoms with E-state index in [0.29, 0.717) is 0 Å². The summed E-state index contributed by atoms with van der Waals surface area (Å²) in [5, 5.41) is 2.72.